The second kappa shape index (κ2) is 40.4. The lowest BCUT2D eigenvalue weighted by Crippen LogP contribution is -2.30. The van der Waals surface area contributed by atoms with Crippen LogP contribution >= 0.6 is 46.4 Å². The molecule has 0 unspecified atom stereocenters. The molecule has 3 aliphatic carbocycles. The van der Waals surface area contributed by atoms with Crippen LogP contribution in [-0.4, -0.2) is 0 Å². The maximum absolute atomic E-state index is 6.64. The first kappa shape index (κ1) is 92.7. The summed E-state index contributed by atoms with van der Waals surface area (Å²) in [6, 6.07) is 197. The van der Waals surface area contributed by atoms with Gasteiger partial charge in [0.2, 0.25) is 0 Å². The minimum atomic E-state index is -0.503. The van der Waals surface area contributed by atoms with Gasteiger partial charge >= 0.3 is 0 Å². The van der Waals surface area contributed by atoms with Crippen LogP contribution in [0.2, 0.25) is 20.1 Å². The van der Waals surface area contributed by atoms with Gasteiger partial charge in [-0.25, -0.2) is 0 Å². The van der Waals surface area contributed by atoms with Crippen molar-refractivity contribution in [3.05, 3.63) is 634 Å². The molecule has 0 N–H and O–H groups in total. The van der Waals surface area contributed by atoms with Crippen molar-refractivity contribution in [1.29, 1.82) is 0 Å². The van der Waals surface area contributed by atoms with E-state index >= 15 is 0 Å². The van der Waals surface area contributed by atoms with Gasteiger partial charge in [-0.3, -0.25) is 0 Å². The summed E-state index contributed by atoms with van der Waals surface area (Å²) in [6.45, 7) is 4.66. The van der Waals surface area contributed by atoms with Gasteiger partial charge in [0.25, 0.3) is 0 Å². The first-order chi connectivity index (χ1) is 71.8. The minimum absolute atomic E-state index is 0.122. The highest BCUT2D eigenvalue weighted by atomic mass is 35.5. The first-order valence-electron chi connectivity index (χ1n) is 49.3. The molecule has 9 heteroatoms. The van der Waals surface area contributed by atoms with Crippen molar-refractivity contribution in [2.75, 3.05) is 19.6 Å². The molecule has 0 radical (unpaired) electrons. The Balaban J connectivity index is 0.000000109. The van der Waals surface area contributed by atoms with Crippen LogP contribution in [0.25, 0.3) is 77.6 Å². The second-order valence-electron chi connectivity index (χ2n) is 37.4. The summed E-state index contributed by atoms with van der Waals surface area (Å²) in [5.41, 5.74) is 38.7. The molecular weight excluding hydrogens is 1860 g/mol. The van der Waals surface area contributed by atoms with Gasteiger partial charge < -0.3 is 24.0 Å². The molecule has 700 valence electrons. The Hall–Kier alpha value is -17.0. The van der Waals surface area contributed by atoms with E-state index in [2.05, 4.69) is 494 Å². The highest BCUT2D eigenvalue weighted by Gasteiger charge is 2.50. The van der Waals surface area contributed by atoms with Crippen molar-refractivity contribution in [2.45, 2.75) is 30.1 Å². The van der Waals surface area contributed by atoms with Gasteiger partial charge in [0.05, 0.1) is 22.2 Å². The Morgan fingerprint density at radius 2 is 0.479 bits per heavy atom. The van der Waals surface area contributed by atoms with Gasteiger partial charge in [-0.15, -0.1) is 0 Å². The van der Waals surface area contributed by atoms with E-state index < -0.39 is 10.8 Å². The molecule has 5 nitrogen and oxygen atoms in total. The zero-order valence-electron chi connectivity index (χ0n) is 80.3. The molecule has 3 aliphatic rings. The third-order valence-corrected chi connectivity index (χ3v) is 29.5. The van der Waals surface area contributed by atoms with Crippen LogP contribution in [-0.2, 0) is 16.2 Å². The molecule has 0 bridgehead atoms. The molecule has 0 aliphatic heterocycles. The van der Waals surface area contributed by atoms with Gasteiger partial charge in [-0.1, -0.05) is 442 Å². The van der Waals surface area contributed by atoms with Crippen LogP contribution in [0.4, 0.5) is 68.2 Å². The smallest absolute Gasteiger partial charge is 0.135 e. The summed E-state index contributed by atoms with van der Waals surface area (Å²) in [4.78, 5) is 9.25. The van der Waals surface area contributed by atoms with Gasteiger partial charge in [0.15, 0.2) is 0 Å². The molecule has 0 atom stereocenters. The second-order valence-corrected chi connectivity index (χ2v) is 39.1. The summed E-state index contributed by atoms with van der Waals surface area (Å²) in [6.07, 6.45) is 0. The number of anilines is 12. The Bertz CT molecular complexity index is 8530. The van der Waals surface area contributed by atoms with Gasteiger partial charge in [-0.05, 0) is 282 Å². The van der Waals surface area contributed by atoms with Gasteiger partial charge in [0, 0.05) is 98.7 Å². The fraction of sp³-hybridized carbons (Fsp3) is 0.0365. The Labute approximate surface area is 873 Å². The van der Waals surface area contributed by atoms with E-state index in [1.807, 2.05) is 97.1 Å². The molecule has 1 heterocycles. The normalized spacial score (nSPS) is 12.6. The van der Waals surface area contributed by atoms with Crippen LogP contribution < -0.4 is 19.6 Å². The van der Waals surface area contributed by atoms with Crippen LogP contribution in [0, 0.1) is 0 Å². The summed E-state index contributed by atoms with van der Waals surface area (Å²) in [7, 11) is 0. The van der Waals surface area contributed by atoms with E-state index in [4.69, 9.17) is 50.8 Å². The van der Waals surface area contributed by atoms with E-state index in [-0.39, 0.29) is 5.41 Å². The molecule has 1 aromatic heterocycles. The molecule has 0 fully saturated rings. The maximum Gasteiger partial charge on any atom is 0.135 e. The van der Waals surface area contributed by atoms with Crippen LogP contribution in [0.5, 0.6) is 0 Å². The SMILES string of the molecule is CC1(C)c2ccccc2-c2cccc(N(c3ccc(-c4ccccc4)cc3)c3cccc(Cl)c3)c21.Clc1cccc(-c2cccc(N(c3ccccc3)c3ccccc3)c2)c1.Clc1cccc(N(c2ccc3c(c2)C(c2ccccc2)(c2ccccc2)c2ccccc2-3)c2ccc3oc4ccccc4c3c2)c1.Clc1cccc(N(c2ccccc2)c2cccc3c2C(c2ccccc2)(c2ccccc2)c2ccccc2-3)c1. The van der Waals surface area contributed by atoms with Crippen molar-refractivity contribution in [1.82, 2.24) is 0 Å². The predicted octanol–water partition coefficient (Wildman–Crippen LogP) is 39.5. The van der Waals surface area contributed by atoms with E-state index in [9.17, 15) is 0 Å². The fourth-order valence-corrected chi connectivity index (χ4v) is 23.1. The Morgan fingerprint density at radius 1 is 0.178 bits per heavy atom. The quantitative estimate of drug-likeness (QED) is 0.0853. The molecule has 0 amide bonds. The molecule has 22 aromatic carbocycles. The highest BCUT2D eigenvalue weighted by molar-refractivity contribution is 6.32. The van der Waals surface area contributed by atoms with Gasteiger partial charge in [0.1, 0.15) is 11.2 Å². The number of hydrogen-bond acceptors (Lipinski definition) is 5. The van der Waals surface area contributed by atoms with Crippen LogP contribution in [0.1, 0.15) is 69.5 Å². The van der Waals surface area contributed by atoms with Crippen molar-refractivity contribution in [3.8, 4) is 55.6 Å². The maximum atomic E-state index is 6.64. The average Bonchev–Trinajstić information content (AvgIpc) is 1.54. The third-order valence-electron chi connectivity index (χ3n) is 28.5. The number of rotatable bonds is 18. The fourth-order valence-electron chi connectivity index (χ4n) is 22.3. The zero-order chi connectivity index (χ0) is 98.7. The molecule has 26 rings (SSSR count). The minimum Gasteiger partial charge on any atom is -0.456 e. The van der Waals surface area contributed by atoms with Gasteiger partial charge in [-0.2, -0.15) is 0 Å². The van der Waals surface area contributed by atoms with Crippen molar-refractivity contribution < 1.29 is 4.42 Å². The monoisotopic (exact) mass is 1950 g/mol. The number of nitrogens with zero attached hydrogens (tertiary/aromatic N) is 4. The Morgan fingerprint density at radius 3 is 0.993 bits per heavy atom. The van der Waals surface area contributed by atoms with E-state index in [1.54, 1.807) is 0 Å². The lowest BCUT2D eigenvalue weighted by atomic mass is 9.67. The summed E-state index contributed by atoms with van der Waals surface area (Å²) in [5, 5.41) is 5.05. The number of fused-ring (bicyclic) bond motifs is 12. The van der Waals surface area contributed by atoms with E-state index in [0.717, 1.165) is 106 Å². The Kier molecular flexibility index (Phi) is 25.7. The lowest BCUT2D eigenvalue weighted by Gasteiger charge is -2.37. The third kappa shape index (κ3) is 17.3. The topological polar surface area (TPSA) is 26.1 Å². The predicted molar refractivity (Wildman–Crippen MR) is 615 cm³/mol. The largest absolute Gasteiger partial charge is 0.456 e. The van der Waals surface area contributed by atoms with Crippen molar-refractivity contribution in [2.24, 2.45) is 0 Å². The van der Waals surface area contributed by atoms with Crippen LogP contribution in [0.15, 0.2) is 563 Å². The highest BCUT2D eigenvalue weighted by Crippen LogP contribution is 2.63. The number of para-hydroxylation sites is 4. The van der Waals surface area contributed by atoms with Crippen molar-refractivity contribution >= 4 is 137 Å². The first-order valence-corrected chi connectivity index (χ1v) is 50.8. The summed E-state index contributed by atoms with van der Waals surface area (Å²) >= 11 is 25.9. The average molecular weight is 1960 g/mol. The van der Waals surface area contributed by atoms with Crippen molar-refractivity contribution in [3.63, 3.8) is 0 Å². The lowest BCUT2D eigenvalue weighted by molar-refractivity contribution is 0.661. The summed E-state index contributed by atoms with van der Waals surface area (Å²) in [5.74, 6) is 0. The molecule has 0 saturated heterocycles. The molecule has 0 spiro atoms. The number of furan rings is 1. The standard InChI is InChI=1S/C43H28ClNO.C37H26ClN.C33H26ClN.C24H18ClN/c44-31-16-11-17-32(26-31)45(33-23-25-42-38(27-33)37-19-8-10-21-41(37)46-42)34-22-24-36-35-18-7-9-20-39(35)43(40(36)28-34,29-12-3-1-4-13-29)30-14-5-2-6-15-30;38-29-18-12-21-31(26-29)39(30-19-8-3-9-20-30)35-25-13-23-33-32-22-10-11-24-34(32)37(36(33)35,27-14-4-1-5-15-27)28-16-6-2-7-17-28;1-33(2)30-16-7-6-14-28(30)29-15-9-17-31(32(29)33)35(27-13-8-12-25(34)22-27)26-20-18-24(19-21-26)23-10-4-3-5-11-23;25-21-11-7-9-19(17-21)20-10-8-16-24(18-20)26(22-12-3-1-4-13-22)23-14-5-2-6-15-23/h1-28H;1-26H;3-22H,1-2H3;1-18H. The number of benzene rings is 22. The zero-order valence-corrected chi connectivity index (χ0v) is 83.3. The number of hydrogen-bond donors (Lipinski definition) is 0. The molecule has 23 aromatic rings. The molecular formula is C137H98Cl4N4O. The summed E-state index contributed by atoms with van der Waals surface area (Å²) < 4.78 is 6.20. The van der Waals surface area contributed by atoms with E-state index in [1.165, 1.54) is 106 Å². The van der Waals surface area contributed by atoms with E-state index in [0.29, 0.717) is 10.0 Å². The number of halogens is 4. The molecule has 0 saturated carbocycles. The molecule has 146 heavy (non-hydrogen) atoms. The van der Waals surface area contributed by atoms with Crippen LogP contribution in [0.3, 0.4) is 0 Å².